The number of carbonyl (C=O) groups is 2. The van der Waals surface area contributed by atoms with Gasteiger partial charge < -0.3 is 19.2 Å². The second-order valence-electron chi connectivity index (χ2n) is 8.36. The summed E-state index contributed by atoms with van der Waals surface area (Å²) < 4.78 is 15.8. The van der Waals surface area contributed by atoms with Gasteiger partial charge in [0.1, 0.15) is 22.2 Å². The Morgan fingerprint density at radius 1 is 1.20 bits per heavy atom. The van der Waals surface area contributed by atoms with E-state index in [1.54, 1.807) is 27.7 Å². The van der Waals surface area contributed by atoms with Crippen LogP contribution in [0.3, 0.4) is 0 Å². The Kier molecular flexibility index (Phi) is 7.42. The molecular weight excluding hydrogens is 433 g/mol. The first kappa shape index (κ1) is 24.0. The number of hydrogen-bond acceptors (Lipinski definition) is 6. The highest BCUT2D eigenvalue weighted by Gasteiger charge is 2.27. The molecule has 0 bridgehead atoms. The molecule has 0 aliphatic carbocycles. The predicted molar refractivity (Wildman–Crippen MR) is 115 cm³/mol. The summed E-state index contributed by atoms with van der Waals surface area (Å²) in [5.41, 5.74) is -0.735. The smallest absolute Gasteiger partial charge is 0.408 e. The molecule has 1 aromatic heterocycles. The summed E-state index contributed by atoms with van der Waals surface area (Å²) in [7, 11) is 0. The number of nitrogens with one attached hydrogen (secondary N) is 1. The predicted octanol–water partition coefficient (Wildman–Crippen LogP) is 5.25. The number of halogens is 2. The molecule has 0 saturated carbocycles. The zero-order valence-corrected chi connectivity index (χ0v) is 19.2. The van der Waals surface area contributed by atoms with Crippen LogP contribution >= 0.6 is 23.2 Å². The lowest BCUT2D eigenvalue weighted by molar-refractivity contribution is -0.137. The number of carbonyl (C=O) groups excluding carboxylic acids is 2. The normalized spacial score (nSPS) is 12.7. The van der Waals surface area contributed by atoms with Gasteiger partial charge >= 0.3 is 17.7 Å². The van der Waals surface area contributed by atoms with Crippen molar-refractivity contribution >= 4 is 46.2 Å². The fourth-order valence-corrected chi connectivity index (χ4v) is 3.06. The van der Waals surface area contributed by atoms with E-state index in [1.807, 2.05) is 13.8 Å². The Morgan fingerprint density at radius 3 is 2.40 bits per heavy atom. The van der Waals surface area contributed by atoms with E-state index < -0.39 is 29.3 Å². The van der Waals surface area contributed by atoms with Gasteiger partial charge in [0.25, 0.3) is 0 Å². The van der Waals surface area contributed by atoms with Gasteiger partial charge in [0.05, 0.1) is 5.02 Å². The lowest BCUT2D eigenvalue weighted by Gasteiger charge is -2.23. The van der Waals surface area contributed by atoms with Crippen molar-refractivity contribution in [3.63, 3.8) is 0 Å². The molecule has 1 aromatic carbocycles. The number of esters is 1. The molecule has 1 N–H and O–H groups in total. The Bertz CT molecular complexity index is 1020. The van der Waals surface area contributed by atoms with Crippen LogP contribution < -0.4 is 15.7 Å². The SMILES string of the molecule is Cc1c(Cl)c(=O)oc2cc(OC(=O)[C@@H](CC(C)C)NC(=O)OC(C)(C)C)c(Cl)cc12. The minimum Gasteiger partial charge on any atom is -0.444 e. The molecule has 2 rings (SSSR count). The minimum atomic E-state index is -0.953. The highest BCUT2D eigenvalue weighted by Crippen LogP contribution is 2.33. The molecule has 30 heavy (non-hydrogen) atoms. The van der Waals surface area contributed by atoms with Crippen molar-refractivity contribution in [2.24, 2.45) is 5.92 Å². The highest BCUT2D eigenvalue weighted by molar-refractivity contribution is 6.34. The van der Waals surface area contributed by atoms with Crippen LogP contribution in [0, 0.1) is 12.8 Å². The molecule has 2 aromatic rings. The number of rotatable bonds is 5. The molecule has 9 heteroatoms. The van der Waals surface area contributed by atoms with Crippen molar-refractivity contribution in [3.05, 3.63) is 38.2 Å². The molecule has 7 nitrogen and oxygen atoms in total. The second kappa shape index (κ2) is 9.27. The highest BCUT2D eigenvalue weighted by atomic mass is 35.5. The maximum Gasteiger partial charge on any atom is 0.408 e. The maximum atomic E-state index is 12.8. The standard InChI is InChI=1S/C21H25Cl2NO6/c1-10(2)7-14(24-20(27)30-21(4,5)6)18(25)29-16-9-15-12(8-13(16)22)11(3)17(23)19(26)28-15/h8-10,14H,7H2,1-6H3,(H,24,27)/t14-/m1/s1. The van der Waals surface area contributed by atoms with Crippen LogP contribution in [-0.2, 0) is 9.53 Å². The molecule has 0 aliphatic rings. The number of hydrogen-bond donors (Lipinski definition) is 1. The Balaban J connectivity index is 2.31. The molecule has 1 atom stereocenters. The summed E-state index contributed by atoms with van der Waals surface area (Å²) >= 11 is 12.2. The topological polar surface area (TPSA) is 94.8 Å². The van der Waals surface area contributed by atoms with Crippen molar-refractivity contribution in [2.45, 2.75) is 59.6 Å². The summed E-state index contributed by atoms with van der Waals surface area (Å²) in [5.74, 6) is -0.630. The fourth-order valence-electron chi connectivity index (χ4n) is 2.72. The molecule has 0 aliphatic heterocycles. The van der Waals surface area contributed by atoms with E-state index in [0.717, 1.165) is 0 Å². The van der Waals surface area contributed by atoms with Gasteiger partial charge in [0.15, 0.2) is 5.75 Å². The Hall–Kier alpha value is -2.25. The Morgan fingerprint density at radius 2 is 1.83 bits per heavy atom. The minimum absolute atomic E-state index is 0.00113. The third-order valence-electron chi connectivity index (χ3n) is 4.04. The second-order valence-corrected chi connectivity index (χ2v) is 9.14. The van der Waals surface area contributed by atoms with Crippen LogP contribution in [0.5, 0.6) is 5.75 Å². The molecule has 164 valence electrons. The van der Waals surface area contributed by atoms with Crippen molar-refractivity contribution < 1.29 is 23.5 Å². The molecule has 1 heterocycles. The average Bonchev–Trinajstić information content (AvgIpc) is 2.59. The van der Waals surface area contributed by atoms with E-state index in [0.29, 0.717) is 17.4 Å². The number of benzene rings is 1. The van der Waals surface area contributed by atoms with Crippen molar-refractivity contribution in [1.29, 1.82) is 0 Å². The molecular formula is C21H25Cl2NO6. The first-order valence-electron chi connectivity index (χ1n) is 9.42. The first-order valence-corrected chi connectivity index (χ1v) is 10.2. The van der Waals surface area contributed by atoms with Crippen LogP contribution in [0.25, 0.3) is 11.0 Å². The van der Waals surface area contributed by atoms with Crippen LogP contribution in [-0.4, -0.2) is 23.7 Å². The maximum absolute atomic E-state index is 12.8. The summed E-state index contributed by atoms with van der Waals surface area (Å²) in [4.78, 5) is 36.7. The van der Waals surface area contributed by atoms with Crippen LogP contribution in [0.1, 0.15) is 46.6 Å². The molecule has 0 unspecified atom stereocenters. The summed E-state index contributed by atoms with van der Waals surface area (Å²) in [6.07, 6.45) is -0.404. The van der Waals surface area contributed by atoms with Gasteiger partial charge in [-0.15, -0.1) is 0 Å². The summed E-state index contributed by atoms with van der Waals surface area (Å²) in [6, 6.07) is 1.90. The number of alkyl carbamates (subject to hydrolysis) is 1. The zero-order chi connectivity index (χ0) is 22.8. The van der Waals surface area contributed by atoms with Gasteiger partial charge in [0, 0.05) is 11.5 Å². The van der Waals surface area contributed by atoms with E-state index in [2.05, 4.69) is 5.32 Å². The van der Waals surface area contributed by atoms with E-state index in [9.17, 15) is 14.4 Å². The molecule has 0 fully saturated rings. The molecule has 0 radical (unpaired) electrons. The quantitative estimate of drug-likeness (QED) is 0.374. The first-order chi connectivity index (χ1) is 13.8. The van der Waals surface area contributed by atoms with Crippen molar-refractivity contribution in [1.82, 2.24) is 5.32 Å². The molecule has 0 saturated heterocycles. The fraction of sp³-hybridized carbons (Fsp3) is 0.476. The zero-order valence-electron chi connectivity index (χ0n) is 17.7. The summed E-state index contributed by atoms with van der Waals surface area (Å²) in [6.45, 7) is 10.6. The number of fused-ring (bicyclic) bond motifs is 1. The van der Waals surface area contributed by atoms with Crippen LogP contribution in [0.15, 0.2) is 21.3 Å². The third-order valence-corrected chi connectivity index (χ3v) is 4.78. The number of amides is 1. The van der Waals surface area contributed by atoms with Gasteiger partial charge in [-0.05, 0) is 51.7 Å². The van der Waals surface area contributed by atoms with Gasteiger partial charge in [-0.1, -0.05) is 37.0 Å². The lowest BCUT2D eigenvalue weighted by Crippen LogP contribution is -2.45. The lowest BCUT2D eigenvalue weighted by atomic mass is 10.0. The van der Waals surface area contributed by atoms with Crippen molar-refractivity contribution in [3.8, 4) is 5.75 Å². The van der Waals surface area contributed by atoms with Crippen LogP contribution in [0.4, 0.5) is 4.79 Å². The average molecular weight is 458 g/mol. The van der Waals surface area contributed by atoms with Crippen molar-refractivity contribution in [2.75, 3.05) is 0 Å². The summed E-state index contributed by atoms with van der Waals surface area (Å²) in [5, 5.41) is 3.15. The van der Waals surface area contributed by atoms with Gasteiger partial charge in [0.2, 0.25) is 0 Å². The van der Waals surface area contributed by atoms with E-state index in [1.165, 1.54) is 12.1 Å². The van der Waals surface area contributed by atoms with Gasteiger partial charge in [-0.2, -0.15) is 0 Å². The number of ether oxygens (including phenoxy) is 2. The monoisotopic (exact) mass is 457 g/mol. The largest absolute Gasteiger partial charge is 0.444 e. The molecule has 0 spiro atoms. The Labute approximate surface area is 184 Å². The van der Waals surface area contributed by atoms with E-state index in [-0.39, 0.29) is 27.3 Å². The van der Waals surface area contributed by atoms with Gasteiger partial charge in [-0.3, -0.25) is 0 Å². The van der Waals surface area contributed by atoms with E-state index >= 15 is 0 Å². The van der Waals surface area contributed by atoms with Gasteiger partial charge in [-0.25, -0.2) is 14.4 Å². The molecule has 1 amide bonds. The van der Waals surface area contributed by atoms with E-state index in [4.69, 9.17) is 37.1 Å². The number of aryl methyl sites for hydroxylation is 1. The third kappa shape index (κ3) is 6.12. The van der Waals surface area contributed by atoms with Crippen LogP contribution in [0.2, 0.25) is 10.0 Å².